The first-order valence-corrected chi connectivity index (χ1v) is 9.23. The highest BCUT2D eigenvalue weighted by Gasteiger charge is 2.22. The summed E-state index contributed by atoms with van der Waals surface area (Å²) in [5.74, 6) is 0.942. The van der Waals surface area contributed by atoms with E-state index in [9.17, 15) is 9.59 Å². The lowest BCUT2D eigenvalue weighted by Gasteiger charge is -2.13. The molecule has 0 saturated carbocycles. The summed E-state index contributed by atoms with van der Waals surface area (Å²) in [6.45, 7) is 7.76. The first kappa shape index (κ1) is 17.5. The molecule has 3 heterocycles. The van der Waals surface area contributed by atoms with Crippen molar-refractivity contribution in [2.24, 2.45) is 0 Å². The number of Topliss-reactive ketones (excluding diaryl/α,β-unsaturated/α-hetero) is 1. The van der Waals surface area contributed by atoms with Gasteiger partial charge in [0.15, 0.2) is 10.9 Å². The topological polar surface area (TPSA) is 83.9 Å². The number of ketones is 1. The highest BCUT2D eigenvalue weighted by atomic mass is 32.2. The van der Waals surface area contributed by atoms with Gasteiger partial charge in [-0.2, -0.15) is 0 Å². The number of amides is 1. The van der Waals surface area contributed by atoms with Crippen LogP contribution >= 0.6 is 11.8 Å². The average Bonchev–Trinajstić information content (AvgIpc) is 3.35. The van der Waals surface area contributed by atoms with E-state index in [1.165, 1.54) is 11.8 Å². The molecule has 3 rings (SSSR count). The zero-order valence-electron chi connectivity index (χ0n) is 14.2. The first-order chi connectivity index (χ1) is 12.1. The molecule has 1 N–H and O–H groups in total. The SMILES string of the molecule is C=CCn1c(C)nnc1SCC(=O)c1c[nH]c(C(=O)N2CCCC2)c1. The molecule has 132 valence electrons. The molecule has 0 unspecified atom stereocenters. The number of nitrogens with zero attached hydrogens (tertiary/aromatic N) is 4. The Balaban J connectivity index is 1.62. The number of hydrogen-bond acceptors (Lipinski definition) is 5. The molecule has 2 aromatic rings. The Bertz CT molecular complexity index is 789. The van der Waals surface area contributed by atoms with Crippen LogP contribution in [0.3, 0.4) is 0 Å². The van der Waals surface area contributed by atoms with E-state index in [1.807, 2.05) is 16.4 Å². The van der Waals surface area contributed by atoms with E-state index in [2.05, 4.69) is 21.8 Å². The summed E-state index contributed by atoms with van der Waals surface area (Å²) in [7, 11) is 0. The summed E-state index contributed by atoms with van der Waals surface area (Å²) in [5, 5.41) is 8.82. The minimum Gasteiger partial charge on any atom is -0.356 e. The maximum absolute atomic E-state index is 12.4. The molecule has 7 nitrogen and oxygen atoms in total. The largest absolute Gasteiger partial charge is 0.356 e. The van der Waals surface area contributed by atoms with Crippen LogP contribution < -0.4 is 0 Å². The molecule has 25 heavy (non-hydrogen) atoms. The van der Waals surface area contributed by atoms with Crippen molar-refractivity contribution in [2.45, 2.75) is 31.5 Å². The molecule has 0 atom stereocenters. The van der Waals surface area contributed by atoms with Crippen molar-refractivity contribution in [1.29, 1.82) is 0 Å². The van der Waals surface area contributed by atoms with Gasteiger partial charge in [-0.05, 0) is 25.8 Å². The van der Waals surface area contributed by atoms with E-state index in [0.29, 0.717) is 23.0 Å². The first-order valence-electron chi connectivity index (χ1n) is 8.24. The van der Waals surface area contributed by atoms with Gasteiger partial charge in [-0.25, -0.2) is 0 Å². The van der Waals surface area contributed by atoms with E-state index >= 15 is 0 Å². The Labute approximate surface area is 150 Å². The van der Waals surface area contributed by atoms with Crippen molar-refractivity contribution >= 4 is 23.5 Å². The van der Waals surface area contributed by atoms with E-state index in [0.717, 1.165) is 31.8 Å². The molecular weight excluding hydrogens is 338 g/mol. The Hall–Kier alpha value is -2.35. The third-order valence-corrected chi connectivity index (χ3v) is 5.14. The molecule has 0 radical (unpaired) electrons. The number of hydrogen-bond donors (Lipinski definition) is 1. The summed E-state index contributed by atoms with van der Waals surface area (Å²) in [6.07, 6.45) is 5.45. The predicted octanol–water partition coefficient (Wildman–Crippen LogP) is 2.31. The van der Waals surface area contributed by atoms with E-state index < -0.39 is 0 Å². The molecule has 2 aromatic heterocycles. The van der Waals surface area contributed by atoms with Gasteiger partial charge >= 0.3 is 0 Å². The normalized spacial score (nSPS) is 14.0. The molecule has 0 bridgehead atoms. The number of allylic oxidation sites excluding steroid dienone is 1. The van der Waals surface area contributed by atoms with Gasteiger partial charge in [0.05, 0.1) is 5.75 Å². The van der Waals surface area contributed by atoms with Gasteiger partial charge in [-0.1, -0.05) is 17.8 Å². The van der Waals surface area contributed by atoms with Gasteiger partial charge in [0, 0.05) is 31.4 Å². The number of aromatic amines is 1. The minimum absolute atomic E-state index is 0.0365. The molecule has 1 aliphatic heterocycles. The van der Waals surface area contributed by atoms with E-state index in [-0.39, 0.29) is 17.4 Å². The number of aryl methyl sites for hydroxylation is 1. The molecule has 1 saturated heterocycles. The Morgan fingerprint density at radius 2 is 2.12 bits per heavy atom. The second kappa shape index (κ2) is 7.69. The number of carbonyl (C=O) groups is 2. The summed E-state index contributed by atoms with van der Waals surface area (Å²) < 4.78 is 1.91. The van der Waals surface area contributed by atoms with E-state index in [4.69, 9.17) is 0 Å². The average molecular weight is 359 g/mol. The second-order valence-electron chi connectivity index (χ2n) is 5.94. The Kier molecular flexibility index (Phi) is 5.37. The molecular formula is C17H21N5O2S. The van der Waals surface area contributed by atoms with Gasteiger partial charge in [0.1, 0.15) is 11.5 Å². The Morgan fingerprint density at radius 1 is 1.36 bits per heavy atom. The van der Waals surface area contributed by atoms with Crippen molar-refractivity contribution in [3.05, 3.63) is 42.0 Å². The molecule has 1 fully saturated rings. The molecule has 0 aromatic carbocycles. The van der Waals surface area contributed by atoms with Crippen LogP contribution in [0.2, 0.25) is 0 Å². The number of thioether (sulfide) groups is 1. The van der Waals surface area contributed by atoms with Crippen LogP contribution in [-0.4, -0.2) is 55.2 Å². The smallest absolute Gasteiger partial charge is 0.270 e. The summed E-state index contributed by atoms with van der Waals surface area (Å²) in [5.41, 5.74) is 0.988. The second-order valence-corrected chi connectivity index (χ2v) is 6.88. The highest BCUT2D eigenvalue weighted by Crippen LogP contribution is 2.19. The van der Waals surface area contributed by atoms with E-state index in [1.54, 1.807) is 18.3 Å². The van der Waals surface area contributed by atoms with Crippen LogP contribution in [0.1, 0.15) is 39.5 Å². The summed E-state index contributed by atoms with van der Waals surface area (Å²) >= 11 is 1.34. The molecule has 1 aliphatic rings. The Morgan fingerprint density at radius 3 is 2.84 bits per heavy atom. The predicted molar refractivity (Wildman–Crippen MR) is 95.9 cm³/mol. The molecule has 0 spiro atoms. The van der Waals surface area contributed by atoms with Crippen molar-refractivity contribution in [3.8, 4) is 0 Å². The van der Waals surface area contributed by atoms with Gasteiger partial charge < -0.3 is 14.5 Å². The zero-order valence-corrected chi connectivity index (χ0v) is 15.0. The van der Waals surface area contributed by atoms with Crippen molar-refractivity contribution < 1.29 is 9.59 Å². The van der Waals surface area contributed by atoms with Crippen molar-refractivity contribution in [2.75, 3.05) is 18.8 Å². The van der Waals surface area contributed by atoms with Crippen LogP contribution in [0.15, 0.2) is 30.1 Å². The third-order valence-electron chi connectivity index (χ3n) is 4.17. The lowest BCUT2D eigenvalue weighted by molar-refractivity contribution is 0.0787. The fourth-order valence-electron chi connectivity index (χ4n) is 2.79. The molecule has 1 amide bonds. The van der Waals surface area contributed by atoms with Crippen molar-refractivity contribution in [1.82, 2.24) is 24.6 Å². The maximum atomic E-state index is 12.4. The van der Waals surface area contributed by atoms with Crippen LogP contribution in [0.25, 0.3) is 0 Å². The number of likely N-dealkylation sites (tertiary alicyclic amines) is 1. The zero-order chi connectivity index (χ0) is 17.8. The number of H-pyrrole nitrogens is 1. The van der Waals surface area contributed by atoms with Gasteiger partial charge in [0.25, 0.3) is 5.91 Å². The standard InChI is InChI=1S/C17H21N5O2S/c1-3-6-22-12(2)19-20-17(22)25-11-15(23)13-9-14(18-10-13)16(24)21-7-4-5-8-21/h3,9-10,18H,1,4-8,11H2,2H3. The minimum atomic E-state index is -0.0486. The van der Waals surface area contributed by atoms with Crippen LogP contribution in [-0.2, 0) is 6.54 Å². The highest BCUT2D eigenvalue weighted by molar-refractivity contribution is 7.99. The number of carbonyl (C=O) groups excluding carboxylic acids is 2. The molecule has 0 aliphatic carbocycles. The lowest BCUT2D eigenvalue weighted by atomic mass is 10.2. The fourth-order valence-corrected chi connectivity index (χ4v) is 3.68. The summed E-state index contributed by atoms with van der Waals surface area (Å²) in [6, 6.07) is 1.64. The summed E-state index contributed by atoms with van der Waals surface area (Å²) in [4.78, 5) is 29.5. The third kappa shape index (κ3) is 3.84. The number of aromatic nitrogens is 4. The monoisotopic (exact) mass is 359 g/mol. The quantitative estimate of drug-likeness (QED) is 0.466. The molecule has 8 heteroatoms. The van der Waals surface area contributed by atoms with Crippen LogP contribution in [0.4, 0.5) is 0 Å². The fraction of sp³-hybridized carbons (Fsp3) is 0.412. The van der Waals surface area contributed by atoms with Crippen LogP contribution in [0.5, 0.6) is 0 Å². The van der Waals surface area contributed by atoms with Crippen LogP contribution in [0, 0.1) is 6.92 Å². The maximum Gasteiger partial charge on any atom is 0.270 e. The van der Waals surface area contributed by atoms with Gasteiger partial charge in [-0.15, -0.1) is 16.8 Å². The van der Waals surface area contributed by atoms with Crippen molar-refractivity contribution in [3.63, 3.8) is 0 Å². The van der Waals surface area contributed by atoms with Gasteiger partial charge in [0.2, 0.25) is 0 Å². The number of rotatable bonds is 7. The number of nitrogens with one attached hydrogen (secondary N) is 1. The van der Waals surface area contributed by atoms with Gasteiger partial charge in [-0.3, -0.25) is 9.59 Å². The lowest BCUT2D eigenvalue weighted by Crippen LogP contribution is -2.27.